The average Bonchev–Trinajstić information content (AvgIpc) is 2.48. The van der Waals surface area contributed by atoms with E-state index in [1.54, 1.807) is 0 Å². The van der Waals surface area contributed by atoms with Gasteiger partial charge in [-0.3, -0.25) is 0 Å². The van der Waals surface area contributed by atoms with Crippen LogP contribution in [0.15, 0.2) is 42.6 Å². The number of benzene rings is 1. The fourth-order valence-electron chi connectivity index (χ4n) is 2.06. The highest BCUT2D eigenvalue weighted by Gasteiger charge is 2.05. The molecule has 21 heavy (non-hydrogen) atoms. The number of anilines is 2. The molecule has 112 valence electrons. The summed E-state index contributed by atoms with van der Waals surface area (Å²) in [6.45, 7) is 6.17. The van der Waals surface area contributed by atoms with E-state index in [4.69, 9.17) is 0 Å². The number of hydrogen-bond acceptors (Lipinski definition) is 4. The molecule has 4 nitrogen and oxygen atoms in total. The van der Waals surface area contributed by atoms with Crippen LogP contribution in [0.25, 0.3) is 0 Å². The van der Waals surface area contributed by atoms with Crippen molar-refractivity contribution in [3.63, 3.8) is 0 Å². The molecule has 0 spiro atoms. The summed E-state index contributed by atoms with van der Waals surface area (Å²) in [4.78, 5) is 11.0. The lowest BCUT2D eigenvalue weighted by Crippen LogP contribution is -2.18. The topological polar surface area (TPSA) is 41.1 Å². The van der Waals surface area contributed by atoms with Gasteiger partial charge in [-0.2, -0.15) is 4.98 Å². The molecular formula is C17H24N4. The molecule has 2 aromatic rings. The van der Waals surface area contributed by atoms with E-state index in [1.807, 2.05) is 25.4 Å². The normalized spacial score (nSPS) is 10.7. The van der Waals surface area contributed by atoms with Crippen LogP contribution >= 0.6 is 0 Å². The fraction of sp³-hybridized carbons (Fsp3) is 0.412. The Hall–Kier alpha value is -2.10. The molecule has 1 aromatic carbocycles. The van der Waals surface area contributed by atoms with Gasteiger partial charge in [0.25, 0.3) is 0 Å². The zero-order chi connectivity index (χ0) is 15.1. The van der Waals surface area contributed by atoms with Crippen LogP contribution in [-0.2, 0) is 6.54 Å². The lowest BCUT2D eigenvalue weighted by Gasteiger charge is -2.18. The molecular weight excluding hydrogens is 260 g/mol. The smallest absolute Gasteiger partial charge is 0.224 e. The maximum absolute atomic E-state index is 4.57. The summed E-state index contributed by atoms with van der Waals surface area (Å²) >= 11 is 0. The third-order valence-electron chi connectivity index (χ3n) is 3.30. The second kappa shape index (κ2) is 7.62. The minimum atomic E-state index is 0.682. The summed E-state index contributed by atoms with van der Waals surface area (Å²) in [5, 5.41) is 3.29. The van der Waals surface area contributed by atoms with Gasteiger partial charge in [-0.15, -0.1) is 0 Å². The molecule has 0 fully saturated rings. The molecule has 1 N–H and O–H groups in total. The van der Waals surface area contributed by atoms with Crippen LogP contribution in [0.1, 0.15) is 25.8 Å². The molecule has 0 aliphatic carbocycles. The van der Waals surface area contributed by atoms with Gasteiger partial charge in [-0.25, -0.2) is 4.98 Å². The van der Waals surface area contributed by atoms with Crippen molar-refractivity contribution in [1.82, 2.24) is 9.97 Å². The van der Waals surface area contributed by atoms with Gasteiger partial charge in [0, 0.05) is 26.3 Å². The van der Waals surface area contributed by atoms with Crippen LogP contribution in [-0.4, -0.2) is 23.6 Å². The molecule has 0 aliphatic rings. The van der Waals surface area contributed by atoms with E-state index in [1.165, 1.54) is 5.56 Å². The van der Waals surface area contributed by atoms with Crippen LogP contribution in [0, 0.1) is 5.92 Å². The maximum Gasteiger partial charge on any atom is 0.224 e. The van der Waals surface area contributed by atoms with Gasteiger partial charge in [-0.1, -0.05) is 44.2 Å². The molecule has 0 bridgehead atoms. The SMILES string of the molecule is CC(C)CCNc1nccc(N(C)Cc2ccccc2)n1. The van der Waals surface area contributed by atoms with Crippen molar-refractivity contribution in [2.45, 2.75) is 26.8 Å². The van der Waals surface area contributed by atoms with Gasteiger partial charge in [0.15, 0.2) is 0 Å². The van der Waals surface area contributed by atoms with Crippen LogP contribution in [0.5, 0.6) is 0 Å². The standard InChI is InChI=1S/C17H24N4/c1-14(2)9-11-18-17-19-12-10-16(20-17)21(3)13-15-7-5-4-6-8-15/h4-8,10,12,14H,9,11,13H2,1-3H3,(H,18,19,20). The first-order valence-corrected chi connectivity index (χ1v) is 7.47. The summed E-state index contributed by atoms with van der Waals surface area (Å²) in [7, 11) is 2.05. The van der Waals surface area contributed by atoms with E-state index in [0.717, 1.165) is 25.3 Å². The largest absolute Gasteiger partial charge is 0.355 e. The van der Waals surface area contributed by atoms with E-state index in [2.05, 4.69) is 58.3 Å². The van der Waals surface area contributed by atoms with E-state index in [-0.39, 0.29) is 0 Å². The second-order valence-corrected chi connectivity index (χ2v) is 5.69. The summed E-state index contributed by atoms with van der Waals surface area (Å²) in [5.74, 6) is 2.32. The predicted molar refractivity (Wildman–Crippen MR) is 88.5 cm³/mol. The summed E-state index contributed by atoms with van der Waals surface area (Å²) < 4.78 is 0. The summed E-state index contributed by atoms with van der Waals surface area (Å²) in [5.41, 5.74) is 1.27. The molecule has 0 aliphatic heterocycles. The maximum atomic E-state index is 4.57. The van der Waals surface area contributed by atoms with E-state index < -0.39 is 0 Å². The Kier molecular flexibility index (Phi) is 5.55. The Morgan fingerprint density at radius 2 is 1.90 bits per heavy atom. The van der Waals surface area contributed by atoms with Gasteiger partial charge in [0.2, 0.25) is 5.95 Å². The van der Waals surface area contributed by atoms with Crippen molar-refractivity contribution in [3.8, 4) is 0 Å². The van der Waals surface area contributed by atoms with Crippen LogP contribution < -0.4 is 10.2 Å². The summed E-state index contributed by atoms with van der Waals surface area (Å²) in [6, 6.07) is 12.3. The fourth-order valence-corrected chi connectivity index (χ4v) is 2.06. The minimum Gasteiger partial charge on any atom is -0.355 e. The van der Waals surface area contributed by atoms with Gasteiger partial charge < -0.3 is 10.2 Å². The molecule has 4 heteroatoms. The first-order valence-electron chi connectivity index (χ1n) is 7.47. The first-order chi connectivity index (χ1) is 10.1. The van der Waals surface area contributed by atoms with Gasteiger partial charge in [-0.05, 0) is 24.0 Å². The second-order valence-electron chi connectivity index (χ2n) is 5.69. The average molecular weight is 284 g/mol. The number of aromatic nitrogens is 2. The Balaban J connectivity index is 1.96. The molecule has 0 atom stereocenters. The Morgan fingerprint density at radius 1 is 1.14 bits per heavy atom. The molecule has 0 amide bonds. The van der Waals surface area contributed by atoms with Crippen LogP contribution in [0.3, 0.4) is 0 Å². The van der Waals surface area contributed by atoms with Crippen LogP contribution in [0.4, 0.5) is 11.8 Å². The third kappa shape index (κ3) is 5.06. The molecule has 1 heterocycles. The highest BCUT2D eigenvalue weighted by atomic mass is 15.2. The predicted octanol–water partition coefficient (Wildman–Crippen LogP) is 3.57. The van der Waals surface area contributed by atoms with Gasteiger partial charge >= 0.3 is 0 Å². The van der Waals surface area contributed by atoms with Crippen LogP contribution in [0.2, 0.25) is 0 Å². The van der Waals surface area contributed by atoms with E-state index in [0.29, 0.717) is 11.9 Å². The quantitative estimate of drug-likeness (QED) is 0.844. The minimum absolute atomic E-state index is 0.682. The van der Waals surface area contributed by atoms with E-state index in [9.17, 15) is 0 Å². The Bertz CT molecular complexity index is 539. The summed E-state index contributed by atoms with van der Waals surface area (Å²) in [6.07, 6.45) is 2.93. The van der Waals surface area contributed by atoms with Gasteiger partial charge in [0.1, 0.15) is 5.82 Å². The number of nitrogens with zero attached hydrogens (tertiary/aromatic N) is 3. The zero-order valence-corrected chi connectivity index (χ0v) is 13.1. The molecule has 0 saturated carbocycles. The number of hydrogen-bond donors (Lipinski definition) is 1. The van der Waals surface area contributed by atoms with Crippen molar-refractivity contribution < 1.29 is 0 Å². The lowest BCUT2D eigenvalue weighted by molar-refractivity contribution is 0.606. The molecule has 2 rings (SSSR count). The molecule has 1 aromatic heterocycles. The van der Waals surface area contributed by atoms with Crippen molar-refractivity contribution in [3.05, 3.63) is 48.2 Å². The zero-order valence-electron chi connectivity index (χ0n) is 13.1. The molecule has 0 saturated heterocycles. The van der Waals surface area contributed by atoms with Gasteiger partial charge in [0.05, 0.1) is 0 Å². The van der Waals surface area contributed by atoms with E-state index >= 15 is 0 Å². The number of nitrogens with one attached hydrogen (secondary N) is 1. The van der Waals surface area contributed by atoms with Crippen molar-refractivity contribution in [2.24, 2.45) is 5.92 Å². The van der Waals surface area contributed by atoms with Crippen molar-refractivity contribution in [2.75, 3.05) is 23.8 Å². The number of rotatable bonds is 7. The van der Waals surface area contributed by atoms with Crippen molar-refractivity contribution in [1.29, 1.82) is 0 Å². The monoisotopic (exact) mass is 284 g/mol. The Labute approximate surface area is 127 Å². The Morgan fingerprint density at radius 3 is 2.62 bits per heavy atom. The highest BCUT2D eigenvalue weighted by Crippen LogP contribution is 2.14. The highest BCUT2D eigenvalue weighted by molar-refractivity contribution is 5.42. The molecule has 0 radical (unpaired) electrons. The van der Waals surface area contributed by atoms with Crippen molar-refractivity contribution >= 4 is 11.8 Å². The third-order valence-corrected chi connectivity index (χ3v) is 3.30. The lowest BCUT2D eigenvalue weighted by atomic mass is 10.1. The first kappa shape index (κ1) is 15.3. The molecule has 0 unspecified atom stereocenters.